The van der Waals surface area contributed by atoms with Crippen molar-refractivity contribution >= 4 is 6.03 Å². The van der Waals surface area contributed by atoms with Gasteiger partial charge in [-0.15, -0.1) is 0 Å². The lowest BCUT2D eigenvalue weighted by atomic mass is 10.1. The lowest BCUT2D eigenvalue weighted by molar-refractivity contribution is 0.206. The Balaban J connectivity index is 3.77. The van der Waals surface area contributed by atoms with E-state index in [9.17, 15) is 4.79 Å². The van der Waals surface area contributed by atoms with E-state index in [1.165, 1.54) is 0 Å². The van der Waals surface area contributed by atoms with Gasteiger partial charge in [-0.05, 0) is 26.2 Å². The highest BCUT2D eigenvalue weighted by molar-refractivity contribution is 5.74. The number of carbonyl (C=O) groups excluding carboxylic acids is 1. The maximum absolute atomic E-state index is 11.4. The summed E-state index contributed by atoms with van der Waals surface area (Å²) in [5.74, 6) is 0.627. The van der Waals surface area contributed by atoms with Crippen LogP contribution in [0.25, 0.3) is 0 Å². The molecular formula is C10H22N2O. The third-order valence-corrected chi connectivity index (χ3v) is 2.02. The van der Waals surface area contributed by atoms with Crippen molar-refractivity contribution in [2.45, 2.75) is 40.2 Å². The van der Waals surface area contributed by atoms with E-state index in [0.717, 1.165) is 13.0 Å². The molecule has 1 N–H and O–H groups in total. The molecule has 3 heteroatoms. The highest BCUT2D eigenvalue weighted by Gasteiger charge is 2.10. The number of hydrogen-bond donors (Lipinski definition) is 1. The first-order valence-corrected chi connectivity index (χ1v) is 4.99. The molecule has 0 radical (unpaired) electrons. The zero-order valence-electron chi connectivity index (χ0n) is 9.42. The zero-order chi connectivity index (χ0) is 10.4. The van der Waals surface area contributed by atoms with Gasteiger partial charge in [0.1, 0.15) is 0 Å². The quantitative estimate of drug-likeness (QED) is 0.716. The van der Waals surface area contributed by atoms with Crippen molar-refractivity contribution in [1.82, 2.24) is 10.2 Å². The Hall–Kier alpha value is -0.730. The Bertz CT molecular complexity index is 157. The van der Waals surface area contributed by atoms with Crippen LogP contribution < -0.4 is 5.32 Å². The Morgan fingerprint density at radius 3 is 2.31 bits per heavy atom. The van der Waals surface area contributed by atoms with Crippen molar-refractivity contribution in [2.75, 3.05) is 13.6 Å². The first kappa shape index (κ1) is 12.3. The van der Waals surface area contributed by atoms with Gasteiger partial charge in [0.25, 0.3) is 0 Å². The Morgan fingerprint density at radius 2 is 1.92 bits per heavy atom. The maximum Gasteiger partial charge on any atom is 0.317 e. The summed E-state index contributed by atoms with van der Waals surface area (Å²) in [5.41, 5.74) is 0. The fourth-order valence-corrected chi connectivity index (χ4v) is 1.23. The monoisotopic (exact) mass is 186 g/mol. The summed E-state index contributed by atoms with van der Waals surface area (Å²) in [4.78, 5) is 13.1. The molecule has 2 amide bonds. The molecule has 13 heavy (non-hydrogen) atoms. The van der Waals surface area contributed by atoms with Crippen LogP contribution in [0.5, 0.6) is 0 Å². The molecule has 0 aromatic heterocycles. The molecule has 0 aromatic rings. The van der Waals surface area contributed by atoms with Gasteiger partial charge >= 0.3 is 6.03 Å². The van der Waals surface area contributed by atoms with E-state index in [2.05, 4.69) is 19.2 Å². The second-order valence-electron chi connectivity index (χ2n) is 3.99. The normalized spacial score (nSPS) is 12.8. The molecule has 0 aliphatic carbocycles. The molecule has 0 heterocycles. The highest BCUT2D eigenvalue weighted by atomic mass is 16.2. The van der Waals surface area contributed by atoms with E-state index in [4.69, 9.17) is 0 Å². The predicted octanol–water partition coefficient (Wildman–Crippen LogP) is 2.08. The van der Waals surface area contributed by atoms with Crippen molar-refractivity contribution in [1.29, 1.82) is 0 Å². The van der Waals surface area contributed by atoms with E-state index in [1.54, 1.807) is 11.9 Å². The van der Waals surface area contributed by atoms with Gasteiger partial charge in [-0.3, -0.25) is 0 Å². The van der Waals surface area contributed by atoms with Crippen molar-refractivity contribution < 1.29 is 4.79 Å². The molecule has 0 aliphatic heterocycles. The number of amides is 2. The number of nitrogens with one attached hydrogen (secondary N) is 1. The third kappa shape index (κ3) is 5.50. The van der Waals surface area contributed by atoms with E-state index in [1.807, 2.05) is 13.8 Å². The average Bonchev–Trinajstić information content (AvgIpc) is 2.01. The molecule has 0 rings (SSSR count). The highest BCUT2D eigenvalue weighted by Crippen LogP contribution is 2.03. The number of urea groups is 1. The summed E-state index contributed by atoms with van der Waals surface area (Å²) in [6.45, 7) is 9.08. The third-order valence-electron chi connectivity index (χ3n) is 2.02. The van der Waals surface area contributed by atoms with Crippen LogP contribution in [0.1, 0.15) is 34.1 Å². The second-order valence-corrected chi connectivity index (χ2v) is 3.99. The predicted molar refractivity (Wildman–Crippen MR) is 55.8 cm³/mol. The number of carbonyl (C=O) groups is 1. The van der Waals surface area contributed by atoms with Crippen LogP contribution in [0.2, 0.25) is 0 Å². The van der Waals surface area contributed by atoms with Gasteiger partial charge in [-0.25, -0.2) is 4.79 Å². The molecule has 1 unspecified atom stereocenters. The van der Waals surface area contributed by atoms with E-state index in [0.29, 0.717) is 5.92 Å². The number of nitrogens with zero attached hydrogens (tertiary/aromatic N) is 1. The molecule has 0 spiro atoms. The van der Waals surface area contributed by atoms with Crippen molar-refractivity contribution in [3.8, 4) is 0 Å². The minimum atomic E-state index is 0.0238. The number of hydrogen-bond acceptors (Lipinski definition) is 1. The molecule has 0 saturated carbocycles. The number of rotatable bonds is 4. The largest absolute Gasteiger partial charge is 0.336 e. The lowest BCUT2D eigenvalue weighted by Crippen LogP contribution is -2.42. The molecule has 1 atom stereocenters. The molecular weight excluding hydrogens is 164 g/mol. The van der Waals surface area contributed by atoms with Gasteiger partial charge in [0, 0.05) is 19.6 Å². The van der Waals surface area contributed by atoms with E-state index < -0.39 is 0 Å². The molecule has 3 nitrogen and oxygen atoms in total. The van der Waals surface area contributed by atoms with Crippen LogP contribution in [-0.2, 0) is 0 Å². The first-order chi connectivity index (χ1) is 5.97. The molecule has 0 aromatic carbocycles. The summed E-state index contributed by atoms with van der Waals surface area (Å²) in [5, 5.41) is 2.95. The first-order valence-electron chi connectivity index (χ1n) is 4.99. The molecule has 0 fully saturated rings. The Labute approximate surface area is 81.5 Å². The SMILES string of the molecule is CCN(C)C(=O)NC(C)CC(C)C. The average molecular weight is 186 g/mol. The summed E-state index contributed by atoms with van der Waals surface area (Å²) < 4.78 is 0. The van der Waals surface area contributed by atoms with Crippen LogP contribution in [0.3, 0.4) is 0 Å². The van der Waals surface area contributed by atoms with Gasteiger partial charge < -0.3 is 10.2 Å². The lowest BCUT2D eigenvalue weighted by Gasteiger charge is -2.20. The molecule has 0 saturated heterocycles. The molecule has 0 bridgehead atoms. The van der Waals surface area contributed by atoms with Crippen LogP contribution in [0.4, 0.5) is 4.79 Å². The summed E-state index contributed by atoms with van der Waals surface area (Å²) in [6, 6.07) is 0.289. The van der Waals surface area contributed by atoms with Crippen LogP contribution in [-0.4, -0.2) is 30.6 Å². The smallest absolute Gasteiger partial charge is 0.317 e. The van der Waals surface area contributed by atoms with Crippen LogP contribution in [0.15, 0.2) is 0 Å². The van der Waals surface area contributed by atoms with Crippen LogP contribution >= 0.6 is 0 Å². The van der Waals surface area contributed by atoms with Gasteiger partial charge in [0.15, 0.2) is 0 Å². The van der Waals surface area contributed by atoms with Gasteiger partial charge in [-0.1, -0.05) is 13.8 Å². The van der Waals surface area contributed by atoms with E-state index >= 15 is 0 Å². The van der Waals surface area contributed by atoms with E-state index in [-0.39, 0.29) is 12.1 Å². The van der Waals surface area contributed by atoms with Gasteiger partial charge in [-0.2, -0.15) is 0 Å². The summed E-state index contributed by atoms with van der Waals surface area (Å²) in [6.07, 6.45) is 1.03. The fourth-order valence-electron chi connectivity index (χ4n) is 1.23. The topological polar surface area (TPSA) is 32.3 Å². The standard InChI is InChI=1S/C10H22N2O/c1-6-12(5)10(13)11-9(4)7-8(2)3/h8-9H,6-7H2,1-5H3,(H,11,13). The van der Waals surface area contributed by atoms with Crippen molar-refractivity contribution in [3.63, 3.8) is 0 Å². The van der Waals surface area contributed by atoms with Crippen molar-refractivity contribution in [3.05, 3.63) is 0 Å². The summed E-state index contributed by atoms with van der Waals surface area (Å²) in [7, 11) is 1.80. The maximum atomic E-state index is 11.4. The molecule has 78 valence electrons. The summed E-state index contributed by atoms with van der Waals surface area (Å²) >= 11 is 0. The van der Waals surface area contributed by atoms with Crippen LogP contribution in [0, 0.1) is 5.92 Å². The van der Waals surface area contributed by atoms with Crippen molar-refractivity contribution in [2.24, 2.45) is 5.92 Å². The Kier molecular flexibility index (Phi) is 5.51. The second kappa shape index (κ2) is 5.84. The minimum Gasteiger partial charge on any atom is -0.336 e. The van der Waals surface area contributed by atoms with Gasteiger partial charge in [0.05, 0.1) is 0 Å². The minimum absolute atomic E-state index is 0.0238. The van der Waals surface area contributed by atoms with Gasteiger partial charge in [0.2, 0.25) is 0 Å². The zero-order valence-corrected chi connectivity index (χ0v) is 9.42. The Morgan fingerprint density at radius 1 is 1.38 bits per heavy atom. The molecule has 0 aliphatic rings. The fraction of sp³-hybridized carbons (Fsp3) is 0.900.